The van der Waals surface area contributed by atoms with Gasteiger partial charge in [0.25, 0.3) is 0 Å². The second-order valence-electron chi connectivity index (χ2n) is 5.90. The van der Waals surface area contributed by atoms with Gasteiger partial charge in [-0.25, -0.2) is 4.98 Å². The van der Waals surface area contributed by atoms with Gasteiger partial charge in [-0.2, -0.15) is 0 Å². The maximum Gasteiger partial charge on any atom is 0.185 e. The molecule has 0 saturated heterocycles. The quantitative estimate of drug-likeness (QED) is 0.711. The Balaban J connectivity index is 2.74. The van der Waals surface area contributed by atoms with Gasteiger partial charge in [0, 0.05) is 38.7 Å². The Hall–Kier alpha value is -0.650. The fraction of sp³-hybridized carbons (Fsp3) is 0.800. The van der Waals surface area contributed by atoms with Crippen LogP contribution >= 0.6 is 11.3 Å². The van der Waals surface area contributed by atoms with E-state index < -0.39 is 0 Å². The summed E-state index contributed by atoms with van der Waals surface area (Å²) in [5.41, 5.74) is 1.23. The van der Waals surface area contributed by atoms with E-state index in [0.29, 0.717) is 11.8 Å². The van der Waals surface area contributed by atoms with Crippen LogP contribution in [-0.4, -0.2) is 38.8 Å². The number of rotatable bonds is 9. The number of hydrogen-bond acceptors (Lipinski definition) is 5. The van der Waals surface area contributed by atoms with Crippen LogP contribution < -0.4 is 10.2 Å². The summed E-state index contributed by atoms with van der Waals surface area (Å²) < 4.78 is 5.06. The highest BCUT2D eigenvalue weighted by Gasteiger charge is 2.16. The number of ether oxygens (including phenoxy) is 1. The molecule has 0 spiro atoms. The summed E-state index contributed by atoms with van der Waals surface area (Å²) in [6, 6.07) is 0. The maximum atomic E-state index is 5.06. The summed E-state index contributed by atoms with van der Waals surface area (Å²) >= 11 is 1.81. The van der Waals surface area contributed by atoms with Crippen LogP contribution in [0.5, 0.6) is 0 Å². The SMILES string of the molecule is COCCNCc1sc(N(C)CC(C)C)nc1C(C)C. The number of aromatic nitrogens is 1. The van der Waals surface area contributed by atoms with Crippen LogP contribution in [0.1, 0.15) is 44.2 Å². The van der Waals surface area contributed by atoms with Crippen molar-refractivity contribution in [3.05, 3.63) is 10.6 Å². The number of thiazole rings is 1. The van der Waals surface area contributed by atoms with Crippen molar-refractivity contribution < 1.29 is 4.74 Å². The molecule has 0 aliphatic rings. The Morgan fingerprint density at radius 1 is 1.30 bits per heavy atom. The van der Waals surface area contributed by atoms with Crippen molar-refractivity contribution in [2.24, 2.45) is 5.92 Å². The Kier molecular flexibility index (Phi) is 7.48. The molecule has 5 heteroatoms. The standard InChI is InChI=1S/C15H29N3OS/c1-11(2)10-18(5)15-17-14(12(3)4)13(20-15)9-16-7-8-19-6/h11-12,16H,7-10H2,1-6H3. The predicted octanol–water partition coefficient (Wildman–Crippen LogP) is 3.09. The molecule has 0 aliphatic heterocycles. The van der Waals surface area contributed by atoms with E-state index in [1.807, 2.05) is 11.3 Å². The van der Waals surface area contributed by atoms with E-state index in [0.717, 1.165) is 31.4 Å². The highest BCUT2D eigenvalue weighted by atomic mass is 32.1. The number of anilines is 1. The first kappa shape index (κ1) is 17.4. The third-order valence-electron chi connectivity index (χ3n) is 3.00. The van der Waals surface area contributed by atoms with Gasteiger partial charge in [0.2, 0.25) is 0 Å². The van der Waals surface area contributed by atoms with Crippen LogP contribution in [0, 0.1) is 5.92 Å². The van der Waals surface area contributed by atoms with E-state index >= 15 is 0 Å². The third kappa shape index (κ3) is 5.38. The fourth-order valence-electron chi connectivity index (χ4n) is 2.09. The normalized spacial score (nSPS) is 11.6. The van der Waals surface area contributed by atoms with E-state index in [2.05, 4.69) is 45.0 Å². The number of hydrogen-bond donors (Lipinski definition) is 1. The van der Waals surface area contributed by atoms with Crippen LogP contribution in [0.15, 0.2) is 0 Å². The van der Waals surface area contributed by atoms with E-state index in [-0.39, 0.29) is 0 Å². The van der Waals surface area contributed by atoms with Crippen molar-refractivity contribution in [2.45, 2.75) is 40.2 Å². The molecule has 0 unspecified atom stereocenters. The lowest BCUT2D eigenvalue weighted by Crippen LogP contribution is -2.22. The molecule has 4 nitrogen and oxygen atoms in total. The van der Waals surface area contributed by atoms with Crippen molar-refractivity contribution in [2.75, 3.05) is 38.8 Å². The molecule has 0 bridgehead atoms. The van der Waals surface area contributed by atoms with Gasteiger partial charge in [-0.15, -0.1) is 11.3 Å². The van der Waals surface area contributed by atoms with Crippen molar-refractivity contribution in [3.8, 4) is 0 Å². The van der Waals surface area contributed by atoms with Gasteiger partial charge in [0.05, 0.1) is 12.3 Å². The molecule has 0 saturated carbocycles. The second-order valence-corrected chi connectivity index (χ2v) is 6.97. The van der Waals surface area contributed by atoms with Gasteiger partial charge in [0.15, 0.2) is 5.13 Å². The summed E-state index contributed by atoms with van der Waals surface area (Å²) in [6.07, 6.45) is 0. The zero-order valence-corrected chi connectivity index (χ0v) is 14.5. The molecule has 116 valence electrons. The van der Waals surface area contributed by atoms with Crippen LogP contribution in [0.25, 0.3) is 0 Å². The molecule has 1 N–H and O–H groups in total. The van der Waals surface area contributed by atoms with Crippen LogP contribution in [0.4, 0.5) is 5.13 Å². The van der Waals surface area contributed by atoms with Crippen molar-refractivity contribution in [1.29, 1.82) is 0 Å². The Labute approximate surface area is 127 Å². The van der Waals surface area contributed by atoms with E-state index in [1.165, 1.54) is 10.6 Å². The van der Waals surface area contributed by atoms with Gasteiger partial charge in [0.1, 0.15) is 0 Å². The minimum atomic E-state index is 0.465. The fourth-order valence-corrected chi connectivity index (χ4v) is 3.25. The summed E-state index contributed by atoms with van der Waals surface area (Å²) in [7, 11) is 3.86. The van der Waals surface area contributed by atoms with Gasteiger partial charge in [-0.05, 0) is 11.8 Å². The van der Waals surface area contributed by atoms with Crippen LogP contribution in [0.3, 0.4) is 0 Å². The highest BCUT2D eigenvalue weighted by Crippen LogP contribution is 2.30. The first-order valence-electron chi connectivity index (χ1n) is 7.36. The number of nitrogens with zero attached hydrogens (tertiary/aromatic N) is 2. The van der Waals surface area contributed by atoms with Crippen LogP contribution in [0.2, 0.25) is 0 Å². The zero-order chi connectivity index (χ0) is 15.1. The molecule has 1 heterocycles. The largest absolute Gasteiger partial charge is 0.383 e. The summed E-state index contributed by atoms with van der Waals surface area (Å²) in [6.45, 7) is 12.4. The Bertz CT molecular complexity index is 390. The van der Waals surface area contributed by atoms with Gasteiger partial charge in [-0.1, -0.05) is 27.7 Å². The average Bonchev–Trinajstić information content (AvgIpc) is 2.78. The molecule has 0 radical (unpaired) electrons. The van der Waals surface area contributed by atoms with Gasteiger partial charge < -0.3 is 15.0 Å². The molecule has 1 aromatic heterocycles. The molecule has 0 aliphatic carbocycles. The molecular weight excluding hydrogens is 270 g/mol. The third-order valence-corrected chi connectivity index (χ3v) is 4.18. The molecule has 0 atom stereocenters. The molecule has 0 fully saturated rings. The second kappa shape index (κ2) is 8.60. The first-order valence-corrected chi connectivity index (χ1v) is 8.17. The molecule has 1 aromatic rings. The topological polar surface area (TPSA) is 37.4 Å². The minimum Gasteiger partial charge on any atom is -0.383 e. The molecule has 0 amide bonds. The predicted molar refractivity (Wildman–Crippen MR) is 87.9 cm³/mol. The minimum absolute atomic E-state index is 0.465. The molecule has 20 heavy (non-hydrogen) atoms. The monoisotopic (exact) mass is 299 g/mol. The lowest BCUT2D eigenvalue weighted by atomic mass is 10.1. The summed E-state index contributed by atoms with van der Waals surface area (Å²) in [5, 5.41) is 4.55. The lowest BCUT2D eigenvalue weighted by Gasteiger charge is -2.17. The van der Waals surface area contributed by atoms with E-state index in [9.17, 15) is 0 Å². The Morgan fingerprint density at radius 2 is 2.00 bits per heavy atom. The first-order chi connectivity index (χ1) is 9.45. The lowest BCUT2D eigenvalue weighted by molar-refractivity contribution is 0.199. The maximum absolute atomic E-state index is 5.06. The molecule has 0 aromatic carbocycles. The number of methoxy groups -OCH3 is 1. The smallest absolute Gasteiger partial charge is 0.185 e. The average molecular weight is 299 g/mol. The van der Waals surface area contributed by atoms with Crippen molar-refractivity contribution in [1.82, 2.24) is 10.3 Å². The molecule has 1 rings (SSSR count). The zero-order valence-electron chi connectivity index (χ0n) is 13.7. The highest BCUT2D eigenvalue weighted by molar-refractivity contribution is 7.15. The van der Waals surface area contributed by atoms with E-state index in [4.69, 9.17) is 9.72 Å². The van der Waals surface area contributed by atoms with Gasteiger partial charge >= 0.3 is 0 Å². The Morgan fingerprint density at radius 3 is 2.55 bits per heavy atom. The summed E-state index contributed by atoms with van der Waals surface area (Å²) in [4.78, 5) is 8.45. The van der Waals surface area contributed by atoms with Crippen molar-refractivity contribution >= 4 is 16.5 Å². The van der Waals surface area contributed by atoms with Crippen molar-refractivity contribution in [3.63, 3.8) is 0 Å². The summed E-state index contributed by atoms with van der Waals surface area (Å²) in [5.74, 6) is 1.11. The number of nitrogens with one attached hydrogen (secondary N) is 1. The molecular formula is C15H29N3OS. The van der Waals surface area contributed by atoms with Gasteiger partial charge in [-0.3, -0.25) is 0 Å². The van der Waals surface area contributed by atoms with E-state index in [1.54, 1.807) is 7.11 Å². The van der Waals surface area contributed by atoms with Crippen LogP contribution in [-0.2, 0) is 11.3 Å².